The van der Waals surface area contributed by atoms with Crippen molar-refractivity contribution < 1.29 is 13.7 Å². The highest BCUT2D eigenvalue weighted by molar-refractivity contribution is 7.85. The third kappa shape index (κ3) is 4.42. The van der Waals surface area contributed by atoms with Crippen LogP contribution in [0.4, 0.5) is 0 Å². The van der Waals surface area contributed by atoms with Gasteiger partial charge in [-0.25, -0.2) is 0 Å². The van der Waals surface area contributed by atoms with Gasteiger partial charge in [-0.2, -0.15) is 0 Å². The van der Waals surface area contributed by atoms with Crippen molar-refractivity contribution in [3.05, 3.63) is 34.9 Å². The van der Waals surface area contributed by atoms with E-state index in [9.17, 15) is 9.00 Å². The summed E-state index contributed by atoms with van der Waals surface area (Å²) in [4.78, 5) is 11.6. The summed E-state index contributed by atoms with van der Waals surface area (Å²) in [5, 5.41) is 0.0857. The molecule has 0 heterocycles. The van der Waals surface area contributed by atoms with Crippen LogP contribution in [0.1, 0.15) is 25.8 Å². The molecule has 1 rings (SSSR count). The topological polar surface area (TPSA) is 43.4 Å². The first-order chi connectivity index (χ1) is 8.58. The number of carbonyl (C=O) groups excluding carboxylic acids is 1. The van der Waals surface area contributed by atoms with Crippen LogP contribution in [-0.2, 0) is 26.1 Å². The highest BCUT2D eigenvalue weighted by Crippen LogP contribution is 2.14. The van der Waals surface area contributed by atoms with E-state index in [2.05, 4.69) is 0 Å². The summed E-state index contributed by atoms with van der Waals surface area (Å²) in [6.45, 7) is 3.89. The van der Waals surface area contributed by atoms with E-state index < -0.39 is 16.0 Å². The molecule has 0 saturated heterocycles. The molecular weight excluding hydrogens is 272 g/mol. The molecule has 0 aromatic heterocycles. The van der Waals surface area contributed by atoms with Gasteiger partial charge < -0.3 is 4.74 Å². The summed E-state index contributed by atoms with van der Waals surface area (Å²) in [7, 11) is -1.26. The summed E-state index contributed by atoms with van der Waals surface area (Å²) < 4.78 is 17.0. The number of hydrogen-bond acceptors (Lipinski definition) is 3. The standard InChI is InChI=1S/C13H17ClO3S/c1-3-12(13(15)17-4-2)18(16)9-10-5-7-11(14)8-6-10/h5-8,12H,3-4,9H2,1-2H3. The molecule has 0 aliphatic heterocycles. The highest BCUT2D eigenvalue weighted by Gasteiger charge is 2.24. The van der Waals surface area contributed by atoms with E-state index in [1.807, 2.05) is 19.1 Å². The van der Waals surface area contributed by atoms with Crippen LogP contribution in [0.15, 0.2) is 24.3 Å². The molecule has 0 radical (unpaired) electrons. The zero-order valence-electron chi connectivity index (χ0n) is 10.5. The molecule has 0 N–H and O–H groups in total. The smallest absolute Gasteiger partial charge is 0.321 e. The number of carbonyl (C=O) groups is 1. The fourth-order valence-corrected chi connectivity index (χ4v) is 3.04. The number of halogens is 1. The minimum absolute atomic E-state index is 0.313. The van der Waals surface area contributed by atoms with Crippen LogP contribution in [0.3, 0.4) is 0 Å². The molecule has 3 nitrogen and oxygen atoms in total. The van der Waals surface area contributed by atoms with Gasteiger partial charge in [0.15, 0.2) is 0 Å². The number of rotatable bonds is 6. The minimum Gasteiger partial charge on any atom is -0.465 e. The molecule has 2 unspecified atom stereocenters. The first kappa shape index (κ1) is 15.2. The zero-order chi connectivity index (χ0) is 13.5. The van der Waals surface area contributed by atoms with Gasteiger partial charge >= 0.3 is 5.97 Å². The van der Waals surface area contributed by atoms with Crippen molar-refractivity contribution in [1.29, 1.82) is 0 Å². The van der Waals surface area contributed by atoms with Crippen molar-refractivity contribution in [2.45, 2.75) is 31.3 Å². The number of benzene rings is 1. The lowest BCUT2D eigenvalue weighted by atomic mass is 10.2. The summed E-state index contributed by atoms with van der Waals surface area (Å²) in [5.74, 6) is -0.0404. The average molecular weight is 289 g/mol. The summed E-state index contributed by atoms with van der Waals surface area (Å²) in [6.07, 6.45) is 0.513. The van der Waals surface area contributed by atoms with E-state index in [0.29, 0.717) is 23.8 Å². The van der Waals surface area contributed by atoms with Crippen LogP contribution in [-0.4, -0.2) is 22.0 Å². The van der Waals surface area contributed by atoms with Crippen LogP contribution in [0, 0.1) is 0 Å². The molecule has 0 spiro atoms. The molecule has 0 fully saturated rings. The molecule has 18 heavy (non-hydrogen) atoms. The second-order valence-corrected chi connectivity index (χ2v) is 5.86. The second-order valence-electron chi connectivity index (χ2n) is 3.80. The highest BCUT2D eigenvalue weighted by atomic mass is 35.5. The average Bonchev–Trinajstić information content (AvgIpc) is 2.33. The van der Waals surface area contributed by atoms with E-state index in [1.165, 1.54) is 0 Å². The fourth-order valence-electron chi connectivity index (χ4n) is 1.54. The number of esters is 1. The van der Waals surface area contributed by atoms with Crippen molar-refractivity contribution in [3.8, 4) is 0 Å². The lowest BCUT2D eigenvalue weighted by molar-refractivity contribution is -0.142. The molecule has 5 heteroatoms. The molecular formula is C13H17ClO3S. The Bertz CT molecular complexity index is 417. The summed E-state index contributed by atoms with van der Waals surface area (Å²) in [5.41, 5.74) is 0.903. The Hall–Kier alpha value is -0.870. The van der Waals surface area contributed by atoms with Crippen molar-refractivity contribution in [2.75, 3.05) is 6.61 Å². The molecule has 0 amide bonds. The van der Waals surface area contributed by atoms with E-state index in [-0.39, 0.29) is 5.97 Å². The Labute approximate surface area is 115 Å². The molecule has 2 atom stereocenters. The van der Waals surface area contributed by atoms with Gasteiger partial charge in [-0.05, 0) is 31.0 Å². The molecule has 0 aliphatic rings. The minimum atomic E-state index is -1.26. The molecule has 0 saturated carbocycles. The fraction of sp³-hybridized carbons (Fsp3) is 0.462. The normalized spacial score (nSPS) is 13.9. The lowest BCUT2D eigenvalue weighted by Crippen LogP contribution is -2.28. The van der Waals surface area contributed by atoms with Crippen LogP contribution in [0.25, 0.3) is 0 Å². The first-order valence-electron chi connectivity index (χ1n) is 5.86. The maximum absolute atomic E-state index is 12.1. The Morgan fingerprint density at radius 3 is 2.44 bits per heavy atom. The second kappa shape index (κ2) is 7.54. The third-order valence-electron chi connectivity index (χ3n) is 2.46. The Morgan fingerprint density at radius 1 is 1.33 bits per heavy atom. The zero-order valence-corrected chi connectivity index (χ0v) is 12.1. The molecule has 0 aliphatic carbocycles. The van der Waals surface area contributed by atoms with Gasteiger partial charge in [0, 0.05) is 21.6 Å². The lowest BCUT2D eigenvalue weighted by Gasteiger charge is -2.13. The Morgan fingerprint density at radius 2 is 1.94 bits per heavy atom. The maximum Gasteiger partial charge on any atom is 0.321 e. The van der Waals surface area contributed by atoms with Crippen molar-refractivity contribution in [3.63, 3.8) is 0 Å². The predicted octanol–water partition coefficient (Wildman–Crippen LogP) is 2.93. The van der Waals surface area contributed by atoms with E-state index in [1.54, 1.807) is 19.1 Å². The number of ether oxygens (including phenoxy) is 1. The van der Waals surface area contributed by atoms with Crippen LogP contribution in [0.2, 0.25) is 5.02 Å². The third-order valence-corrected chi connectivity index (χ3v) is 4.49. The number of hydrogen-bond donors (Lipinski definition) is 0. The molecule has 0 bridgehead atoms. The summed E-state index contributed by atoms with van der Waals surface area (Å²) >= 11 is 5.78. The van der Waals surface area contributed by atoms with E-state index in [4.69, 9.17) is 16.3 Å². The monoisotopic (exact) mass is 288 g/mol. The molecule has 1 aromatic carbocycles. The van der Waals surface area contributed by atoms with E-state index in [0.717, 1.165) is 5.56 Å². The molecule has 1 aromatic rings. The van der Waals surface area contributed by atoms with Gasteiger partial charge in [0.1, 0.15) is 5.25 Å². The largest absolute Gasteiger partial charge is 0.465 e. The van der Waals surface area contributed by atoms with Gasteiger partial charge in [-0.3, -0.25) is 9.00 Å². The van der Waals surface area contributed by atoms with Crippen LogP contribution >= 0.6 is 11.6 Å². The molecule has 100 valence electrons. The predicted molar refractivity (Wildman–Crippen MR) is 74.0 cm³/mol. The van der Waals surface area contributed by atoms with Crippen molar-refractivity contribution >= 4 is 28.4 Å². The van der Waals surface area contributed by atoms with Crippen molar-refractivity contribution in [1.82, 2.24) is 0 Å². The first-order valence-corrected chi connectivity index (χ1v) is 7.62. The van der Waals surface area contributed by atoms with Crippen LogP contribution in [0.5, 0.6) is 0 Å². The summed E-state index contributed by atoms with van der Waals surface area (Å²) in [6, 6.07) is 7.13. The van der Waals surface area contributed by atoms with Crippen LogP contribution < -0.4 is 0 Å². The van der Waals surface area contributed by atoms with E-state index >= 15 is 0 Å². The van der Waals surface area contributed by atoms with Crippen molar-refractivity contribution in [2.24, 2.45) is 0 Å². The van der Waals surface area contributed by atoms with Gasteiger partial charge in [0.25, 0.3) is 0 Å². The van der Waals surface area contributed by atoms with Gasteiger partial charge in [0.2, 0.25) is 0 Å². The maximum atomic E-state index is 12.1. The quantitative estimate of drug-likeness (QED) is 0.756. The Kier molecular flexibility index (Phi) is 6.36. The Balaban J connectivity index is 2.67. The van der Waals surface area contributed by atoms with Gasteiger partial charge in [-0.15, -0.1) is 0 Å². The van der Waals surface area contributed by atoms with Gasteiger partial charge in [0.05, 0.1) is 6.61 Å². The SMILES string of the molecule is CCOC(=O)C(CC)S(=O)Cc1ccc(Cl)cc1. The van der Waals surface area contributed by atoms with Gasteiger partial charge in [-0.1, -0.05) is 30.7 Å².